The number of benzene rings is 1. The maximum absolute atomic E-state index is 9.42. The van der Waals surface area contributed by atoms with Crippen LogP contribution >= 0.6 is 0 Å². The Hall–Kier alpha value is -1.10. The Labute approximate surface area is 190 Å². The van der Waals surface area contributed by atoms with Gasteiger partial charge in [0.2, 0.25) is 0 Å². The van der Waals surface area contributed by atoms with Gasteiger partial charge in [-0.05, 0) is 30.5 Å². The van der Waals surface area contributed by atoms with Gasteiger partial charge in [-0.15, -0.1) is 0 Å². The summed E-state index contributed by atoms with van der Waals surface area (Å²) in [5.41, 5.74) is 1.27. The fourth-order valence-electron chi connectivity index (χ4n) is 3.72. The van der Waals surface area contributed by atoms with Crippen molar-refractivity contribution in [2.24, 2.45) is 0 Å². The molecule has 2 aliphatic heterocycles. The fourth-order valence-corrected chi connectivity index (χ4v) is 3.72. The molecule has 2 heterocycles. The smallest absolute Gasteiger partial charge is 0.115 e. The van der Waals surface area contributed by atoms with Crippen molar-refractivity contribution in [3.8, 4) is 5.75 Å². The van der Waals surface area contributed by atoms with Gasteiger partial charge in [0.05, 0.1) is 26.4 Å². The minimum absolute atomic E-state index is 0.392. The van der Waals surface area contributed by atoms with E-state index in [1.165, 1.54) is 89.0 Å². The second-order valence-electron chi connectivity index (χ2n) is 9.11. The molecule has 2 fully saturated rings. The van der Waals surface area contributed by atoms with E-state index in [1.54, 1.807) is 6.07 Å². The first-order chi connectivity index (χ1) is 15.3. The minimum Gasteiger partial charge on any atom is -0.508 e. The topological polar surface area (TPSA) is 54.5 Å². The Morgan fingerprint density at radius 2 is 1.26 bits per heavy atom. The predicted molar refractivity (Wildman–Crippen MR) is 128 cm³/mol. The zero-order valence-electron chi connectivity index (χ0n) is 19.9. The molecular weight excluding hydrogens is 388 g/mol. The first kappa shape index (κ1) is 26.2. The standard InChI is InChI=1S/C21H36O.C6H10O3/c1-2-3-4-5-6-7-8-9-10-11-12-13-14-16-20-17-15-18-21(22)19-20;1(5-3-8-5)7-2-6-4-9-6/h15,17-19,22H,2-14,16H2,1H3;5-6H,1-4H2. The first-order valence-electron chi connectivity index (χ1n) is 12.9. The van der Waals surface area contributed by atoms with Gasteiger partial charge < -0.3 is 19.3 Å². The molecule has 0 aliphatic carbocycles. The van der Waals surface area contributed by atoms with Crippen molar-refractivity contribution in [1.82, 2.24) is 0 Å². The number of phenols is 1. The number of rotatable bonds is 18. The lowest BCUT2D eigenvalue weighted by atomic mass is 10.0. The van der Waals surface area contributed by atoms with Crippen molar-refractivity contribution in [3.05, 3.63) is 29.8 Å². The molecule has 1 aromatic rings. The largest absolute Gasteiger partial charge is 0.508 e. The fraction of sp³-hybridized carbons (Fsp3) is 0.778. The lowest BCUT2D eigenvalue weighted by molar-refractivity contribution is 0.102. The van der Waals surface area contributed by atoms with E-state index in [1.807, 2.05) is 12.1 Å². The maximum atomic E-state index is 9.42. The highest BCUT2D eigenvalue weighted by Gasteiger charge is 2.26. The van der Waals surface area contributed by atoms with Crippen LogP contribution in [0.1, 0.15) is 96.0 Å². The van der Waals surface area contributed by atoms with Crippen molar-refractivity contribution in [2.75, 3.05) is 26.4 Å². The van der Waals surface area contributed by atoms with Crippen molar-refractivity contribution in [1.29, 1.82) is 0 Å². The van der Waals surface area contributed by atoms with Crippen LogP contribution in [-0.4, -0.2) is 43.7 Å². The van der Waals surface area contributed by atoms with E-state index in [0.29, 0.717) is 18.0 Å². The molecule has 0 radical (unpaired) electrons. The Bertz CT molecular complexity index is 528. The lowest BCUT2D eigenvalue weighted by Gasteiger charge is -2.04. The van der Waals surface area contributed by atoms with Gasteiger partial charge in [-0.1, -0.05) is 96.1 Å². The number of aromatic hydroxyl groups is 1. The average Bonchev–Trinajstić information content (AvgIpc) is 3.68. The number of ether oxygens (including phenoxy) is 3. The van der Waals surface area contributed by atoms with Crippen LogP contribution in [0.15, 0.2) is 24.3 Å². The number of aryl methyl sites for hydroxylation is 1. The minimum atomic E-state index is 0.392. The molecule has 2 atom stereocenters. The Morgan fingerprint density at radius 1 is 0.774 bits per heavy atom. The van der Waals surface area contributed by atoms with Crippen molar-refractivity contribution >= 4 is 0 Å². The van der Waals surface area contributed by atoms with E-state index in [4.69, 9.17) is 14.2 Å². The zero-order valence-corrected chi connectivity index (χ0v) is 19.9. The normalized spacial score (nSPS) is 19.0. The molecule has 31 heavy (non-hydrogen) atoms. The summed E-state index contributed by atoms with van der Waals surface area (Å²) < 4.78 is 15.1. The van der Waals surface area contributed by atoms with E-state index >= 15 is 0 Å². The molecule has 4 heteroatoms. The molecular formula is C27H46O4. The van der Waals surface area contributed by atoms with Gasteiger partial charge >= 0.3 is 0 Å². The summed E-state index contributed by atoms with van der Waals surface area (Å²) in [5, 5.41) is 9.42. The molecule has 2 saturated heterocycles. The molecule has 0 bridgehead atoms. The summed E-state index contributed by atoms with van der Waals surface area (Å²) in [6.07, 6.45) is 20.1. The molecule has 0 amide bonds. The molecule has 2 unspecified atom stereocenters. The Morgan fingerprint density at radius 3 is 1.71 bits per heavy atom. The van der Waals surface area contributed by atoms with Crippen LogP contribution in [0.2, 0.25) is 0 Å². The van der Waals surface area contributed by atoms with Crippen LogP contribution < -0.4 is 0 Å². The second-order valence-corrected chi connectivity index (χ2v) is 9.11. The number of unbranched alkanes of at least 4 members (excludes halogenated alkanes) is 12. The van der Waals surface area contributed by atoms with Gasteiger partial charge in [0.25, 0.3) is 0 Å². The van der Waals surface area contributed by atoms with Gasteiger partial charge in [0, 0.05) is 0 Å². The highest BCUT2D eigenvalue weighted by molar-refractivity contribution is 5.27. The molecule has 1 N–H and O–H groups in total. The molecule has 1 aromatic carbocycles. The third kappa shape index (κ3) is 16.2. The van der Waals surface area contributed by atoms with Gasteiger partial charge in [0.15, 0.2) is 0 Å². The summed E-state index contributed by atoms with van der Waals surface area (Å²) in [5.74, 6) is 0.396. The van der Waals surface area contributed by atoms with E-state index in [0.717, 1.165) is 32.8 Å². The maximum Gasteiger partial charge on any atom is 0.115 e. The number of phenolic OH excluding ortho intramolecular Hbond substituents is 1. The van der Waals surface area contributed by atoms with Crippen LogP contribution in [0, 0.1) is 0 Å². The first-order valence-corrected chi connectivity index (χ1v) is 12.9. The lowest BCUT2D eigenvalue weighted by Crippen LogP contribution is -2.06. The van der Waals surface area contributed by atoms with Gasteiger partial charge in [0.1, 0.15) is 18.0 Å². The summed E-state index contributed by atoms with van der Waals surface area (Å²) in [6, 6.07) is 7.68. The SMILES string of the molecule is C(OCC1CO1)C1CO1.CCCCCCCCCCCCCCCc1cccc(O)c1. The number of hydrogen-bond donors (Lipinski definition) is 1. The Kier molecular flexibility index (Phi) is 14.7. The van der Waals surface area contributed by atoms with Gasteiger partial charge in [-0.2, -0.15) is 0 Å². The summed E-state index contributed by atoms with van der Waals surface area (Å²) >= 11 is 0. The molecule has 0 saturated carbocycles. The van der Waals surface area contributed by atoms with Crippen molar-refractivity contribution in [2.45, 2.75) is 109 Å². The Balaban J connectivity index is 0.000000309. The summed E-state index contributed by atoms with van der Waals surface area (Å²) in [7, 11) is 0. The quantitative estimate of drug-likeness (QED) is 0.203. The number of hydrogen-bond acceptors (Lipinski definition) is 4. The van der Waals surface area contributed by atoms with E-state index in [2.05, 4.69) is 13.0 Å². The molecule has 178 valence electrons. The highest BCUT2D eigenvalue weighted by Crippen LogP contribution is 2.16. The van der Waals surface area contributed by atoms with Gasteiger partial charge in [-0.25, -0.2) is 0 Å². The van der Waals surface area contributed by atoms with Crippen LogP contribution in [-0.2, 0) is 20.6 Å². The molecule has 3 rings (SSSR count). The van der Waals surface area contributed by atoms with Crippen LogP contribution in [0.25, 0.3) is 0 Å². The monoisotopic (exact) mass is 434 g/mol. The third-order valence-electron chi connectivity index (χ3n) is 5.89. The van der Waals surface area contributed by atoms with E-state index < -0.39 is 0 Å². The van der Waals surface area contributed by atoms with Crippen LogP contribution in [0.4, 0.5) is 0 Å². The highest BCUT2D eigenvalue weighted by atomic mass is 16.6. The second kappa shape index (κ2) is 17.5. The van der Waals surface area contributed by atoms with Crippen molar-refractivity contribution < 1.29 is 19.3 Å². The van der Waals surface area contributed by atoms with Crippen LogP contribution in [0.3, 0.4) is 0 Å². The van der Waals surface area contributed by atoms with E-state index in [9.17, 15) is 5.11 Å². The third-order valence-corrected chi connectivity index (χ3v) is 5.89. The molecule has 2 aliphatic rings. The summed E-state index contributed by atoms with van der Waals surface area (Å²) in [4.78, 5) is 0. The molecule has 0 spiro atoms. The van der Waals surface area contributed by atoms with E-state index in [-0.39, 0.29) is 0 Å². The molecule has 0 aromatic heterocycles. The number of epoxide rings is 2. The summed E-state index contributed by atoms with van der Waals surface area (Å²) in [6.45, 7) is 5.54. The van der Waals surface area contributed by atoms with Crippen LogP contribution in [0.5, 0.6) is 5.75 Å². The predicted octanol–water partition coefficient (Wildman–Crippen LogP) is 6.83. The van der Waals surface area contributed by atoms with Crippen molar-refractivity contribution in [3.63, 3.8) is 0 Å². The van der Waals surface area contributed by atoms with Gasteiger partial charge in [-0.3, -0.25) is 0 Å². The zero-order chi connectivity index (χ0) is 22.0. The average molecular weight is 435 g/mol. The molecule has 4 nitrogen and oxygen atoms in total.